The van der Waals surface area contributed by atoms with Crippen molar-refractivity contribution >= 4 is 25.5 Å². The molecule has 0 aromatic heterocycles. The minimum Gasteiger partial charge on any atom is -0.462 e. The normalized spacial score (nSPS) is 20.3. The summed E-state index contributed by atoms with van der Waals surface area (Å²) in [6.07, 6.45) is 30.1. The second-order valence-electron chi connectivity index (χ2n) is 14.6. The number of Topliss-reactive ketones (excluding diaryl/α,β-unsaturated/α-hetero) is 1. The van der Waals surface area contributed by atoms with E-state index in [1.807, 2.05) is 12.2 Å². The second-order valence-corrected chi connectivity index (χ2v) is 15.8. The number of phosphoric ester groups is 1. The first-order valence-electron chi connectivity index (χ1n) is 20.8. The van der Waals surface area contributed by atoms with E-state index in [2.05, 4.69) is 54.8 Å². The molecular weight excluding hydrogens is 739 g/mol. The number of carbonyl (C=O) groups is 3. The number of hydrogen-bond donors (Lipinski definition) is 5. The molecular formula is C43H71O12P. The van der Waals surface area contributed by atoms with Crippen molar-refractivity contribution in [3.05, 3.63) is 60.8 Å². The summed E-state index contributed by atoms with van der Waals surface area (Å²) in [5, 5.41) is 31.2. The Balaban J connectivity index is 2.37. The molecule has 1 fully saturated rings. The lowest BCUT2D eigenvalue weighted by Crippen LogP contribution is -2.29. The van der Waals surface area contributed by atoms with Crippen LogP contribution in [0.3, 0.4) is 0 Å². The third-order valence-corrected chi connectivity index (χ3v) is 9.98. The molecule has 1 aliphatic carbocycles. The fourth-order valence-electron chi connectivity index (χ4n) is 6.30. The molecule has 1 rings (SSSR count). The molecule has 13 heteroatoms. The van der Waals surface area contributed by atoms with Gasteiger partial charge >= 0.3 is 19.8 Å². The van der Waals surface area contributed by atoms with Gasteiger partial charge in [-0.05, 0) is 64.2 Å². The van der Waals surface area contributed by atoms with Crippen LogP contribution in [0.1, 0.15) is 142 Å². The lowest BCUT2D eigenvalue weighted by Gasteiger charge is -2.20. The van der Waals surface area contributed by atoms with E-state index in [-0.39, 0.29) is 44.3 Å². The van der Waals surface area contributed by atoms with Crippen molar-refractivity contribution in [3.63, 3.8) is 0 Å². The van der Waals surface area contributed by atoms with E-state index in [0.717, 1.165) is 44.9 Å². The fraction of sp³-hybridized carbons (Fsp3) is 0.698. The van der Waals surface area contributed by atoms with E-state index in [9.17, 15) is 34.3 Å². The van der Waals surface area contributed by atoms with Crippen LogP contribution in [0.4, 0.5) is 0 Å². The number of ketones is 1. The summed E-state index contributed by atoms with van der Waals surface area (Å²) >= 11 is 0. The summed E-state index contributed by atoms with van der Waals surface area (Å²) in [6, 6.07) is 0. The third-order valence-electron chi connectivity index (χ3n) is 9.49. The summed E-state index contributed by atoms with van der Waals surface area (Å²) in [7, 11) is -4.87. The molecule has 0 aromatic carbocycles. The molecule has 0 heterocycles. The zero-order valence-electron chi connectivity index (χ0n) is 33.8. The average molecular weight is 811 g/mol. The van der Waals surface area contributed by atoms with E-state index in [1.54, 1.807) is 12.2 Å². The molecule has 0 saturated heterocycles. The first kappa shape index (κ1) is 51.3. The van der Waals surface area contributed by atoms with Crippen molar-refractivity contribution in [2.75, 3.05) is 13.2 Å². The monoisotopic (exact) mass is 810 g/mol. The van der Waals surface area contributed by atoms with Gasteiger partial charge in [0.05, 0.1) is 24.9 Å². The first-order chi connectivity index (χ1) is 26.9. The van der Waals surface area contributed by atoms with E-state index in [4.69, 9.17) is 19.3 Å². The molecule has 0 aromatic rings. The van der Waals surface area contributed by atoms with Crippen LogP contribution >= 0.6 is 7.82 Å². The molecule has 0 aliphatic heterocycles. The van der Waals surface area contributed by atoms with Crippen molar-refractivity contribution < 1.29 is 58.1 Å². The number of unbranched alkanes of at least 4 members (excludes halogenated alkanes) is 7. The molecule has 56 heavy (non-hydrogen) atoms. The lowest BCUT2D eigenvalue weighted by molar-refractivity contribution is -0.161. The Morgan fingerprint density at radius 2 is 1.29 bits per heavy atom. The van der Waals surface area contributed by atoms with Gasteiger partial charge in [-0.2, -0.15) is 0 Å². The number of carbonyl (C=O) groups excluding carboxylic acids is 3. The molecule has 0 amide bonds. The number of aliphatic hydroxyl groups is 3. The standard InChI is InChI=1S/C43H71O12P/c1-3-5-7-8-9-10-11-12-13-14-15-16-17-18-19-20-22-27-42(48)53-33-37(34-54-56(50,51)52)55-43(49)28-24-23-26-36(45)31-39-38(40(46)32-41(39)47)30-29-35(44)25-21-6-4-2/h9-10,12-13,15-16,18-19,29-30,35,37-41,44,46-47H,3-8,11,14,17,20-28,31-34H2,1-2H3,(H2,50,51,52)/b10-9-,13-12-,16-15-,19-18-,30-29+/t35-,37+,38+,39+,40+,41-/m0/s1. The van der Waals surface area contributed by atoms with Crippen LogP contribution in [0.25, 0.3) is 0 Å². The van der Waals surface area contributed by atoms with E-state index in [0.29, 0.717) is 25.7 Å². The Morgan fingerprint density at radius 3 is 1.91 bits per heavy atom. The minimum atomic E-state index is -4.87. The van der Waals surface area contributed by atoms with Crippen molar-refractivity contribution in [1.82, 2.24) is 0 Å². The molecule has 6 atom stereocenters. The summed E-state index contributed by atoms with van der Waals surface area (Å²) in [5.74, 6) is -2.29. The van der Waals surface area contributed by atoms with Crippen LogP contribution in [-0.2, 0) is 32.9 Å². The zero-order valence-corrected chi connectivity index (χ0v) is 34.7. The van der Waals surface area contributed by atoms with Gasteiger partial charge < -0.3 is 34.6 Å². The SMILES string of the molecule is CCCCC/C=C\C/C=C\C/C=C\C/C=C\CCCC(=O)OC[C@H](COP(=O)(O)O)OC(=O)CCCCC(=O)C[C@@H]1[C@@H](/C=C/[C@@H](O)CCCCC)[C@H](O)C[C@@H]1O. The van der Waals surface area contributed by atoms with E-state index in [1.165, 1.54) is 19.3 Å². The van der Waals surface area contributed by atoms with Crippen LogP contribution in [0.2, 0.25) is 0 Å². The smallest absolute Gasteiger partial charge is 0.462 e. The maximum atomic E-state index is 12.8. The molecule has 12 nitrogen and oxygen atoms in total. The van der Waals surface area contributed by atoms with Crippen LogP contribution < -0.4 is 0 Å². The Bertz CT molecular complexity index is 1270. The van der Waals surface area contributed by atoms with Crippen molar-refractivity contribution in [2.24, 2.45) is 11.8 Å². The summed E-state index contributed by atoms with van der Waals surface area (Å²) in [6.45, 7) is 3.17. The number of allylic oxidation sites excluding steroid dienone is 8. The first-order valence-corrected chi connectivity index (χ1v) is 22.3. The molecule has 0 spiro atoms. The number of phosphoric acid groups is 1. The van der Waals surface area contributed by atoms with Crippen molar-refractivity contribution in [3.8, 4) is 0 Å². The quantitative estimate of drug-likeness (QED) is 0.0185. The minimum absolute atomic E-state index is 0.0559. The number of esters is 2. The van der Waals surface area contributed by atoms with Gasteiger partial charge in [0, 0.05) is 43.9 Å². The molecule has 320 valence electrons. The highest BCUT2D eigenvalue weighted by Crippen LogP contribution is 2.37. The number of rotatable bonds is 33. The second kappa shape index (κ2) is 32.3. The summed E-state index contributed by atoms with van der Waals surface area (Å²) < 4.78 is 26.2. The van der Waals surface area contributed by atoms with Gasteiger partial charge in [0.15, 0.2) is 6.10 Å². The summed E-state index contributed by atoms with van der Waals surface area (Å²) in [5.41, 5.74) is 0. The molecule has 1 aliphatic rings. The molecule has 0 bridgehead atoms. The highest BCUT2D eigenvalue weighted by molar-refractivity contribution is 7.46. The largest absolute Gasteiger partial charge is 0.469 e. The maximum Gasteiger partial charge on any atom is 0.469 e. The Kier molecular flexibility index (Phi) is 29.6. The van der Waals surface area contributed by atoms with Gasteiger partial charge in [0.2, 0.25) is 0 Å². The molecule has 0 unspecified atom stereocenters. The van der Waals surface area contributed by atoms with Gasteiger partial charge in [-0.3, -0.25) is 18.9 Å². The van der Waals surface area contributed by atoms with Crippen LogP contribution in [0, 0.1) is 11.8 Å². The predicted octanol–water partition coefficient (Wildman–Crippen LogP) is 8.07. The highest BCUT2D eigenvalue weighted by atomic mass is 31.2. The fourth-order valence-corrected chi connectivity index (χ4v) is 6.66. The zero-order chi connectivity index (χ0) is 41.4. The highest BCUT2D eigenvalue weighted by Gasteiger charge is 2.41. The molecule has 1 saturated carbocycles. The average Bonchev–Trinajstić information content (AvgIpc) is 3.41. The molecule has 5 N–H and O–H groups in total. The van der Waals surface area contributed by atoms with Gasteiger partial charge in [-0.25, -0.2) is 4.57 Å². The van der Waals surface area contributed by atoms with Crippen LogP contribution in [0.15, 0.2) is 60.8 Å². The van der Waals surface area contributed by atoms with Gasteiger partial charge in [0.25, 0.3) is 0 Å². The van der Waals surface area contributed by atoms with Crippen molar-refractivity contribution in [2.45, 2.75) is 167 Å². The van der Waals surface area contributed by atoms with Crippen LogP contribution in [-0.4, -0.2) is 80.5 Å². The third kappa shape index (κ3) is 27.8. The summed E-state index contributed by atoms with van der Waals surface area (Å²) in [4.78, 5) is 55.8. The number of ether oxygens (including phenoxy) is 2. The predicted molar refractivity (Wildman–Crippen MR) is 218 cm³/mol. The van der Waals surface area contributed by atoms with Crippen LogP contribution in [0.5, 0.6) is 0 Å². The maximum absolute atomic E-state index is 12.8. The van der Waals surface area contributed by atoms with Crippen molar-refractivity contribution in [1.29, 1.82) is 0 Å². The van der Waals surface area contributed by atoms with Gasteiger partial charge in [-0.1, -0.05) is 107 Å². The van der Waals surface area contributed by atoms with E-state index < -0.39 is 69.2 Å². The number of aliphatic hydroxyl groups excluding tert-OH is 3. The number of hydrogen-bond acceptors (Lipinski definition) is 10. The topological polar surface area (TPSA) is 197 Å². The Labute approximate surface area is 335 Å². The lowest BCUT2D eigenvalue weighted by atomic mass is 9.87. The Hall–Kier alpha value is -2.70. The van der Waals surface area contributed by atoms with E-state index >= 15 is 0 Å². The van der Waals surface area contributed by atoms with Gasteiger partial charge in [-0.15, -0.1) is 0 Å². The Morgan fingerprint density at radius 1 is 0.714 bits per heavy atom. The van der Waals surface area contributed by atoms with Gasteiger partial charge in [0.1, 0.15) is 12.4 Å². The molecule has 0 radical (unpaired) electrons.